The molecular weight excluding hydrogens is 1400 g/mol. The lowest BCUT2D eigenvalue weighted by Gasteiger charge is -2.30. The molecule has 0 unspecified atom stereocenters. The number of aliphatic hydroxyl groups is 4. The van der Waals surface area contributed by atoms with E-state index in [1.165, 1.54) is 33.3 Å². The van der Waals surface area contributed by atoms with Gasteiger partial charge in [0.1, 0.15) is 78.5 Å². The van der Waals surface area contributed by atoms with E-state index in [4.69, 9.17) is 40.1 Å². The van der Waals surface area contributed by atoms with Crippen molar-refractivity contribution >= 4 is 119 Å². The number of H-pyrrole nitrogens is 1. The molecule has 45 nitrogen and oxygen atoms in total. The molecule has 0 aliphatic carbocycles. The largest absolute Gasteiger partial charge is 0.481 e. The predicted octanol–water partition coefficient (Wildman–Crippen LogP) is -13.3. The number of aromatic amines is 1. The van der Waals surface area contributed by atoms with Gasteiger partial charge in [0.15, 0.2) is 11.9 Å². The van der Waals surface area contributed by atoms with E-state index in [0.29, 0.717) is 0 Å². The number of amides is 14. The SMILES string of the molecule is CC(C)[C@H](NC(=O)[C@H](CC(N)=O)NC(=O)[C@@H](N)[C@@H](C)O)C(=O)N[C@@H](CC(N)=O)C(=O)N[C@@H](CS)C(=O)N[C@@H](CO)C(=O)N[C@@H](CO)C(=O)N1CCC[C@H]1C(=O)N[C@@H](CCC(=O)O)C(=O)N[C@@H](CCCN=C(N)N)C(=O)N[C@@H](Cc1cnc[nH]1)C(=O)N[C@H](C(=O)N[C@@H](CCCN=C(N)N)C(=O)O)[C@@H](C)O. The Hall–Kier alpha value is -10.6. The molecule has 2 heterocycles. The third-order valence-corrected chi connectivity index (χ3v) is 15.9. The molecule has 14 amide bonds. The van der Waals surface area contributed by atoms with Crippen LogP contribution in [0.25, 0.3) is 0 Å². The van der Waals surface area contributed by atoms with Crippen LogP contribution < -0.4 is 98.6 Å². The number of primary amides is 2. The van der Waals surface area contributed by atoms with Gasteiger partial charge in [-0.1, -0.05) is 13.8 Å². The zero-order valence-corrected chi connectivity index (χ0v) is 58.3. The molecule has 1 aromatic heterocycles. The van der Waals surface area contributed by atoms with E-state index in [1.807, 2.05) is 0 Å². The standard InChI is InChI=1S/C58H97N23O22S/c1-24(2)42(79-48(94)33(18-39(60)87)74-52(98)41(61)25(3)84)53(99)75-32(17-38(59)86)46(92)78-36(22-104)50(96)76-34(20-82)49(95)77-35(21-83)55(101)81-15-7-10-37(81)51(97)71-29(11-12-40(88)89)45(91)70-28(8-5-13-67-57(62)63)44(90)73-31(16-27-19-66-23-69-27)47(93)80-43(26(4)85)54(100)72-30(56(102)103)9-6-14-68-58(64)65/h19,23-26,28-37,41-43,82-85,104H,5-18,20-22,61H2,1-4H3,(H2,59,86)(H2,60,87)(H,66,69)(H,70,91)(H,71,97)(H,72,100)(H,73,90)(H,74,98)(H,75,99)(H,76,96)(H,77,95)(H,78,92)(H,79,94)(H,80,93)(H,88,89)(H,102,103)(H4,62,63,67)(H4,64,65,68)/t25-,26-,28+,29+,30+,31+,32+,33+,34+,35+,36+,37+,41+,42+,43+/m1/s1. The number of guanidine groups is 2. The maximum atomic E-state index is 14.4. The van der Waals surface area contributed by atoms with Crippen LogP contribution >= 0.6 is 12.6 Å². The molecule has 1 aliphatic heterocycles. The molecule has 2 rings (SSSR count). The van der Waals surface area contributed by atoms with Crippen molar-refractivity contribution < 1.29 is 107 Å². The molecule has 1 aliphatic rings. The number of hydrogen-bond acceptors (Lipinski definition) is 25. The van der Waals surface area contributed by atoms with Gasteiger partial charge in [-0.25, -0.2) is 9.78 Å². The van der Waals surface area contributed by atoms with Crippen LogP contribution in [0.4, 0.5) is 0 Å². The lowest BCUT2D eigenvalue weighted by atomic mass is 10.0. The quantitative estimate of drug-likeness (QED) is 0.0125. The van der Waals surface area contributed by atoms with Gasteiger partial charge in [-0.3, -0.25) is 81.9 Å². The van der Waals surface area contributed by atoms with Crippen LogP contribution in [-0.2, 0) is 83.1 Å². The number of nitrogens with one attached hydrogen (secondary N) is 12. The molecule has 1 saturated heterocycles. The average molecular weight is 1500 g/mol. The molecular formula is C58H97N23O22S. The molecule has 582 valence electrons. The summed E-state index contributed by atoms with van der Waals surface area (Å²) in [5.41, 5.74) is 38.1. The first-order valence-corrected chi connectivity index (χ1v) is 33.1. The van der Waals surface area contributed by atoms with Crippen molar-refractivity contribution in [2.24, 2.45) is 56.0 Å². The Balaban J connectivity index is 2.38. The van der Waals surface area contributed by atoms with Gasteiger partial charge in [-0.15, -0.1) is 0 Å². The van der Waals surface area contributed by atoms with Gasteiger partial charge in [-0.2, -0.15) is 12.6 Å². The third-order valence-electron chi connectivity index (χ3n) is 15.5. The zero-order chi connectivity index (χ0) is 78.8. The number of carbonyl (C=O) groups is 16. The molecule has 1 aromatic rings. The van der Waals surface area contributed by atoms with Crippen molar-refractivity contribution in [1.29, 1.82) is 0 Å². The van der Waals surface area contributed by atoms with Crippen LogP contribution in [-0.4, -0.2) is 281 Å². The number of carboxylic acids is 2. The maximum Gasteiger partial charge on any atom is 0.326 e. The van der Waals surface area contributed by atoms with E-state index in [2.05, 4.69) is 91.1 Å². The molecule has 0 spiro atoms. The smallest absolute Gasteiger partial charge is 0.326 e. The Morgan fingerprint density at radius 1 is 0.548 bits per heavy atom. The highest BCUT2D eigenvalue weighted by atomic mass is 32.1. The normalized spacial score (nSPS) is 16.6. The van der Waals surface area contributed by atoms with E-state index in [1.54, 1.807) is 0 Å². The molecule has 46 heteroatoms. The van der Waals surface area contributed by atoms with Gasteiger partial charge in [0.2, 0.25) is 82.7 Å². The topological polar surface area (TPSA) is 766 Å². The molecule has 32 N–H and O–H groups in total. The Kier molecular flexibility index (Phi) is 38.5. The van der Waals surface area contributed by atoms with Gasteiger partial charge in [0.05, 0.1) is 44.6 Å². The maximum absolute atomic E-state index is 14.4. The number of likely N-dealkylation sites (tertiary alicyclic amines) is 1. The average Bonchev–Trinajstić information content (AvgIpc) is 1.61. The number of aliphatic hydroxyl groups excluding tert-OH is 4. The van der Waals surface area contributed by atoms with Crippen molar-refractivity contribution in [2.45, 2.75) is 189 Å². The summed E-state index contributed by atoms with van der Waals surface area (Å²) in [7, 11) is 0. The Bertz CT molecular complexity index is 3230. The summed E-state index contributed by atoms with van der Waals surface area (Å²) in [5.74, 6) is -21.1. The van der Waals surface area contributed by atoms with Crippen molar-refractivity contribution in [3.8, 4) is 0 Å². The number of nitrogens with zero attached hydrogens (tertiary/aromatic N) is 4. The second-order valence-corrected chi connectivity index (χ2v) is 24.7. The van der Waals surface area contributed by atoms with E-state index >= 15 is 0 Å². The van der Waals surface area contributed by atoms with Crippen LogP contribution in [0.15, 0.2) is 22.5 Å². The summed E-state index contributed by atoms with van der Waals surface area (Å²) in [6.45, 7) is 2.41. The van der Waals surface area contributed by atoms with Gasteiger partial charge < -0.3 is 139 Å². The van der Waals surface area contributed by atoms with Gasteiger partial charge in [0.25, 0.3) is 0 Å². The molecule has 0 saturated carbocycles. The number of thiol groups is 1. The van der Waals surface area contributed by atoms with Gasteiger partial charge >= 0.3 is 11.9 Å². The minimum Gasteiger partial charge on any atom is -0.481 e. The summed E-state index contributed by atoms with van der Waals surface area (Å²) in [6.07, 6.45) is -4.62. The second kappa shape index (κ2) is 44.7. The van der Waals surface area contributed by atoms with Crippen LogP contribution in [0.1, 0.15) is 97.6 Å². The van der Waals surface area contributed by atoms with Gasteiger partial charge in [-0.05, 0) is 64.7 Å². The molecule has 15 atom stereocenters. The Morgan fingerprint density at radius 3 is 1.46 bits per heavy atom. The van der Waals surface area contributed by atoms with E-state index in [9.17, 15) is 107 Å². The predicted molar refractivity (Wildman–Crippen MR) is 364 cm³/mol. The summed E-state index contributed by atoms with van der Waals surface area (Å²) in [6, 6.07) is -22.4. The highest BCUT2D eigenvalue weighted by Crippen LogP contribution is 2.20. The molecule has 0 bridgehead atoms. The van der Waals surface area contributed by atoms with Crippen LogP contribution in [0.2, 0.25) is 0 Å². The number of carboxylic acid groups (broad SMARTS) is 2. The zero-order valence-electron chi connectivity index (χ0n) is 57.4. The summed E-state index contributed by atoms with van der Waals surface area (Å²) in [5, 5.41) is 85.7. The molecule has 0 aromatic carbocycles. The third kappa shape index (κ3) is 30.9. The van der Waals surface area contributed by atoms with Crippen molar-refractivity contribution in [3.63, 3.8) is 0 Å². The minimum atomic E-state index is -1.98. The molecule has 104 heavy (non-hydrogen) atoms. The lowest BCUT2D eigenvalue weighted by Crippen LogP contribution is -2.62. The van der Waals surface area contributed by atoms with Crippen molar-refractivity contribution in [2.75, 3.05) is 38.6 Å². The number of imidazole rings is 1. The number of aliphatic imine (C=N–C) groups is 2. The number of carbonyl (C=O) groups excluding carboxylic acids is 14. The number of aliphatic carboxylic acids is 2. The fourth-order valence-electron chi connectivity index (χ4n) is 9.88. The Labute approximate surface area is 599 Å². The molecule has 1 fully saturated rings. The first-order valence-electron chi connectivity index (χ1n) is 32.4. The van der Waals surface area contributed by atoms with Crippen molar-refractivity contribution in [1.82, 2.24) is 73.4 Å². The fourth-order valence-corrected chi connectivity index (χ4v) is 10.1. The lowest BCUT2D eigenvalue weighted by molar-refractivity contribution is -0.143. The van der Waals surface area contributed by atoms with E-state index in [0.717, 1.165) is 11.8 Å². The number of rotatable bonds is 47. The second-order valence-electron chi connectivity index (χ2n) is 24.3. The highest BCUT2D eigenvalue weighted by Gasteiger charge is 2.42. The monoisotopic (exact) mass is 1500 g/mol. The van der Waals surface area contributed by atoms with Crippen LogP contribution in [0.3, 0.4) is 0 Å². The number of aromatic nitrogens is 2. The summed E-state index contributed by atoms with van der Waals surface area (Å²) >= 11 is 4.08. The first kappa shape index (κ1) is 89.5. The number of nitrogens with two attached hydrogens (primary N) is 7. The first-order chi connectivity index (χ1) is 48.8. The highest BCUT2D eigenvalue weighted by molar-refractivity contribution is 7.80. The minimum absolute atomic E-state index is 0.00177. The van der Waals surface area contributed by atoms with E-state index in [-0.39, 0.29) is 75.8 Å². The summed E-state index contributed by atoms with van der Waals surface area (Å²) < 4.78 is 0. The summed E-state index contributed by atoms with van der Waals surface area (Å²) in [4.78, 5) is 229. The van der Waals surface area contributed by atoms with E-state index < -0.39 is 242 Å². The van der Waals surface area contributed by atoms with Crippen LogP contribution in [0.5, 0.6) is 0 Å². The number of hydrogen-bond donors (Lipinski definition) is 26. The Morgan fingerprint density at radius 2 is 0.981 bits per heavy atom. The van der Waals surface area contributed by atoms with Gasteiger partial charge in [0, 0.05) is 50.1 Å². The fraction of sp³-hybridized carbons (Fsp3) is 0.638. The molecule has 0 radical (unpaired) electrons. The van der Waals surface area contributed by atoms with Crippen LogP contribution in [0, 0.1) is 5.92 Å². The van der Waals surface area contributed by atoms with Crippen molar-refractivity contribution in [3.05, 3.63) is 18.2 Å².